The number of hydrogen-bond acceptors (Lipinski definition) is 6. The van der Waals surface area contributed by atoms with E-state index in [2.05, 4.69) is 10.4 Å². The SMILES string of the molecule is COc1ccc(NC(=O)Cn2nc3n(CC(C)C)c(=O)c4sccc4n3c2=O)cc1Cl. The molecule has 0 bridgehead atoms. The Balaban J connectivity index is 1.72. The molecular formula is C20H20ClN5O4S. The molecule has 0 spiro atoms. The number of rotatable bonds is 6. The quantitative estimate of drug-likeness (QED) is 0.476. The van der Waals surface area contributed by atoms with Crippen LogP contribution in [-0.4, -0.2) is 31.8 Å². The molecule has 0 fully saturated rings. The fourth-order valence-electron chi connectivity index (χ4n) is 3.35. The van der Waals surface area contributed by atoms with E-state index in [-0.39, 0.29) is 23.8 Å². The number of carbonyl (C=O) groups is 1. The van der Waals surface area contributed by atoms with Crippen molar-refractivity contribution in [3.05, 3.63) is 55.5 Å². The normalized spacial score (nSPS) is 11.5. The number of carbonyl (C=O) groups excluding carboxylic acids is 1. The number of nitrogens with one attached hydrogen (secondary N) is 1. The average molecular weight is 462 g/mol. The van der Waals surface area contributed by atoms with E-state index in [1.807, 2.05) is 13.8 Å². The highest BCUT2D eigenvalue weighted by Gasteiger charge is 2.20. The summed E-state index contributed by atoms with van der Waals surface area (Å²) >= 11 is 7.37. The third-order valence-electron chi connectivity index (χ3n) is 4.67. The molecular weight excluding hydrogens is 442 g/mol. The molecule has 162 valence electrons. The highest BCUT2D eigenvalue weighted by Crippen LogP contribution is 2.27. The summed E-state index contributed by atoms with van der Waals surface area (Å²) < 4.78 is 9.51. The number of ether oxygens (including phenoxy) is 1. The first-order chi connectivity index (χ1) is 14.8. The first-order valence-electron chi connectivity index (χ1n) is 9.53. The summed E-state index contributed by atoms with van der Waals surface area (Å²) in [6.07, 6.45) is 0. The highest BCUT2D eigenvalue weighted by atomic mass is 35.5. The average Bonchev–Trinajstić information content (AvgIpc) is 3.30. The second kappa shape index (κ2) is 8.20. The summed E-state index contributed by atoms with van der Waals surface area (Å²) in [6, 6.07) is 6.54. The molecule has 3 heterocycles. The molecule has 0 aliphatic heterocycles. The Bertz CT molecular complexity index is 1410. The zero-order chi connectivity index (χ0) is 22.3. The number of halogens is 1. The van der Waals surface area contributed by atoms with E-state index in [1.165, 1.54) is 27.4 Å². The van der Waals surface area contributed by atoms with Crippen LogP contribution < -0.4 is 21.3 Å². The molecule has 0 saturated heterocycles. The molecule has 0 radical (unpaired) electrons. The summed E-state index contributed by atoms with van der Waals surface area (Å²) in [6.45, 7) is 4.04. The molecule has 11 heteroatoms. The fourth-order valence-corrected chi connectivity index (χ4v) is 4.43. The summed E-state index contributed by atoms with van der Waals surface area (Å²) in [4.78, 5) is 38.5. The Kier molecular flexibility index (Phi) is 5.59. The Labute approximate surface area is 185 Å². The molecule has 0 aliphatic carbocycles. The number of thiophene rings is 1. The summed E-state index contributed by atoms with van der Waals surface area (Å²) in [5.74, 6) is 0.419. The van der Waals surface area contributed by atoms with Gasteiger partial charge in [0.1, 0.15) is 17.0 Å². The summed E-state index contributed by atoms with van der Waals surface area (Å²) in [5, 5.41) is 9.11. The predicted octanol–water partition coefficient (Wildman–Crippen LogP) is 2.83. The van der Waals surface area contributed by atoms with Crippen LogP contribution in [-0.2, 0) is 17.9 Å². The Morgan fingerprint density at radius 2 is 2.06 bits per heavy atom. The lowest BCUT2D eigenvalue weighted by atomic mass is 10.2. The zero-order valence-corrected chi connectivity index (χ0v) is 18.7. The lowest BCUT2D eigenvalue weighted by Crippen LogP contribution is -2.29. The Morgan fingerprint density at radius 1 is 1.29 bits per heavy atom. The molecule has 0 aliphatic rings. The van der Waals surface area contributed by atoms with Crippen LogP contribution in [0.2, 0.25) is 5.02 Å². The van der Waals surface area contributed by atoms with Crippen molar-refractivity contribution in [2.45, 2.75) is 26.9 Å². The number of methoxy groups -OCH3 is 1. The maximum atomic E-state index is 13.1. The molecule has 1 aromatic carbocycles. The van der Waals surface area contributed by atoms with Crippen LogP contribution in [0.25, 0.3) is 16.0 Å². The second-order valence-electron chi connectivity index (χ2n) is 7.42. The second-order valence-corrected chi connectivity index (χ2v) is 8.74. The summed E-state index contributed by atoms with van der Waals surface area (Å²) in [5.41, 5.74) is 0.271. The number of anilines is 1. The van der Waals surface area contributed by atoms with Crippen molar-refractivity contribution in [3.63, 3.8) is 0 Å². The topological polar surface area (TPSA) is 99.6 Å². The van der Waals surface area contributed by atoms with Crippen molar-refractivity contribution in [1.29, 1.82) is 0 Å². The fraction of sp³-hybridized carbons (Fsp3) is 0.300. The van der Waals surface area contributed by atoms with Crippen molar-refractivity contribution in [2.24, 2.45) is 5.92 Å². The lowest BCUT2D eigenvalue weighted by molar-refractivity contribution is -0.117. The molecule has 4 rings (SSSR count). The minimum absolute atomic E-state index is 0.169. The van der Waals surface area contributed by atoms with Crippen LogP contribution in [0.1, 0.15) is 13.8 Å². The van der Waals surface area contributed by atoms with Gasteiger partial charge in [-0.3, -0.25) is 14.2 Å². The van der Waals surface area contributed by atoms with Gasteiger partial charge in [0.25, 0.3) is 5.56 Å². The molecule has 0 atom stereocenters. The van der Waals surface area contributed by atoms with E-state index in [1.54, 1.807) is 29.6 Å². The number of benzene rings is 1. The summed E-state index contributed by atoms with van der Waals surface area (Å²) in [7, 11) is 1.50. The maximum absolute atomic E-state index is 13.1. The first kappa shape index (κ1) is 21.1. The van der Waals surface area contributed by atoms with Crippen molar-refractivity contribution in [2.75, 3.05) is 12.4 Å². The van der Waals surface area contributed by atoms with Gasteiger partial charge < -0.3 is 10.1 Å². The molecule has 9 nitrogen and oxygen atoms in total. The first-order valence-corrected chi connectivity index (χ1v) is 10.8. The van der Waals surface area contributed by atoms with Gasteiger partial charge in [0.2, 0.25) is 11.7 Å². The van der Waals surface area contributed by atoms with E-state index >= 15 is 0 Å². The van der Waals surface area contributed by atoms with Gasteiger partial charge in [-0.25, -0.2) is 13.9 Å². The van der Waals surface area contributed by atoms with Crippen LogP contribution in [0.5, 0.6) is 5.75 Å². The van der Waals surface area contributed by atoms with Gasteiger partial charge >= 0.3 is 5.69 Å². The molecule has 0 saturated carbocycles. The van der Waals surface area contributed by atoms with Crippen LogP contribution >= 0.6 is 22.9 Å². The molecule has 31 heavy (non-hydrogen) atoms. The molecule has 3 aromatic heterocycles. The van der Waals surface area contributed by atoms with Gasteiger partial charge in [-0.05, 0) is 35.6 Å². The number of fused-ring (bicyclic) bond motifs is 3. The van der Waals surface area contributed by atoms with E-state index in [0.717, 1.165) is 4.68 Å². The lowest BCUT2D eigenvalue weighted by Gasteiger charge is -2.09. The van der Waals surface area contributed by atoms with Gasteiger partial charge in [-0.2, -0.15) is 0 Å². The van der Waals surface area contributed by atoms with E-state index in [9.17, 15) is 14.4 Å². The third kappa shape index (κ3) is 3.84. The van der Waals surface area contributed by atoms with Crippen molar-refractivity contribution in [3.8, 4) is 5.75 Å². The number of aromatic nitrogens is 4. The van der Waals surface area contributed by atoms with Gasteiger partial charge in [-0.1, -0.05) is 25.4 Å². The van der Waals surface area contributed by atoms with Crippen molar-refractivity contribution in [1.82, 2.24) is 18.7 Å². The minimum atomic E-state index is -0.487. The van der Waals surface area contributed by atoms with Gasteiger partial charge in [0.15, 0.2) is 0 Å². The molecule has 1 amide bonds. The van der Waals surface area contributed by atoms with Crippen molar-refractivity contribution < 1.29 is 9.53 Å². The number of nitrogens with zero attached hydrogens (tertiary/aromatic N) is 4. The van der Waals surface area contributed by atoms with Crippen LogP contribution in [0.3, 0.4) is 0 Å². The van der Waals surface area contributed by atoms with Crippen LogP contribution in [0, 0.1) is 5.92 Å². The Morgan fingerprint density at radius 3 is 2.74 bits per heavy atom. The van der Waals surface area contributed by atoms with Gasteiger partial charge in [-0.15, -0.1) is 16.4 Å². The van der Waals surface area contributed by atoms with E-state index in [0.29, 0.717) is 33.2 Å². The zero-order valence-electron chi connectivity index (χ0n) is 17.1. The van der Waals surface area contributed by atoms with Crippen LogP contribution in [0.4, 0.5) is 5.69 Å². The van der Waals surface area contributed by atoms with Crippen LogP contribution in [0.15, 0.2) is 39.2 Å². The number of hydrogen-bond donors (Lipinski definition) is 1. The van der Waals surface area contributed by atoms with Crippen molar-refractivity contribution >= 4 is 50.5 Å². The highest BCUT2D eigenvalue weighted by molar-refractivity contribution is 7.17. The Hall–Kier alpha value is -3.11. The van der Waals surface area contributed by atoms with E-state index in [4.69, 9.17) is 16.3 Å². The molecule has 0 unspecified atom stereocenters. The predicted molar refractivity (Wildman–Crippen MR) is 121 cm³/mol. The third-order valence-corrected chi connectivity index (χ3v) is 5.85. The standard InChI is InChI=1S/C20H20ClN5O4S/c1-11(2)9-24-18(28)17-14(6-7-31-17)26-19(24)23-25(20(26)29)10-16(27)22-12-4-5-15(30-3)13(21)8-12/h4-8,11H,9-10H2,1-3H3,(H,22,27). The molecule has 4 aromatic rings. The van der Waals surface area contributed by atoms with E-state index < -0.39 is 11.6 Å². The monoisotopic (exact) mass is 461 g/mol. The smallest absolute Gasteiger partial charge is 0.352 e. The van der Waals surface area contributed by atoms with Gasteiger partial charge in [0.05, 0.1) is 17.6 Å². The molecule has 1 N–H and O–H groups in total. The largest absolute Gasteiger partial charge is 0.495 e. The number of amides is 1. The van der Waals surface area contributed by atoms with Gasteiger partial charge in [0, 0.05) is 12.2 Å². The minimum Gasteiger partial charge on any atom is -0.495 e. The maximum Gasteiger partial charge on any atom is 0.352 e.